The van der Waals surface area contributed by atoms with E-state index in [9.17, 15) is 9.59 Å². The van der Waals surface area contributed by atoms with Crippen LogP contribution >= 0.6 is 0 Å². The lowest BCUT2D eigenvalue weighted by Crippen LogP contribution is -2.29. The van der Waals surface area contributed by atoms with Gasteiger partial charge in [0.2, 0.25) is 0 Å². The molecule has 0 saturated carbocycles. The van der Waals surface area contributed by atoms with Gasteiger partial charge in [-0.2, -0.15) is 0 Å². The summed E-state index contributed by atoms with van der Waals surface area (Å²) in [5, 5.41) is 2.70. The largest absolute Gasteiger partial charge is 0.466 e. The molecule has 0 atom stereocenters. The standard InChI is InChI=1S/C24H29NO6/c1-2-30-23(26)11-13-28-15-16-29-14-12-25-24(27)31-17-22-20-9-5-3-7-18(20)19-8-4-6-10-21(19)22/h3-10,22H,2,11-17H2,1H3,(H,25,27). The number of ether oxygens (including phenoxy) is 4. The third-order valence-corrected chi connectivity index (χ3v) is 4.99. The van der Waals surface area contributed by atoms with E-state index in [0.717, 1.165) is 0 Å². The third kappa shape index (κ3) is 6.54. The number of hydrogen-bond acceptors (Lipinski definition) is 6. The summed E-state index contributed by atoms with van der Waals surface area (Å²) in [4.78, 5) is 23.2. The van der Waals surface area contributed by atoms with Gasteiger partial charge in [0.15, 0.2) is 0 Å². The predicted molar refractivity (Wildman–Crippen MR) is 116 cm³/mol. The van der Waals surface area contributed by atoms with Crippen LogP contribution < -0.4 is 5.32 Å². The molecule has 0 fully saturated rings. The van der Waals surface area contributed by atoms with Crippen LogP contribution in [0.15, 0.2) is 48.5 Å². The highest BCUT2D eigenvalue weighted by molar-refractivity contribution is 5.79. The quantitative estimate of drug-likeness (QED) is 0.412. The molecule has 166 valence electrons. The lowest BCUT2D eigenvalue weighted by Gasteiger charge is -2.14. The number of carbonyl (C=O) groups is 2. The number of carbonyl (C=O) groups excluding carboxylic acids is 2. The Balaban J connectivity index is 1.29. The molecule has 1 N–H and O–H groups in total. The monoisotopic (exact) mass is 427 g/mol. The van der Waals surface area contributed by atoms with E-state index >= 15 is 0 Å². The van der Waals surface area contributed by atoms with E-state index in [4.69, 9.17) is 18.9 Å². The Morgan fingerprint density at radius 2 is 1.45 bits per heavy atom. The number of fused-ring (bicyclic) bond motifs is 3. The van der Waals surface area contributed by atoms with Gasteiger partial charge in [-0.3, -0.25) is 4.79 Å². The topological polar surface area (TPSA) is 83.1 Å². The molecule has 0 spiro atoms. The molecule has 3 rings (SSSR count). The minimum absolute atomic E-state index is 0.0427. The van der Waals surface area contributed by atoms with Gasteiger partial charge in [-0.15, -0.1) is 0 Å². The van der Waals surface area contributed by atoms with Gasteiger partial charge in [0.25, 0.3) is 0 Å². The number of rotatable bonds is 12. The second-order valence-corrected chi connectivity index (χ2v) is 7.03. The smallest absolute Gasteiger partial charge is 0.407 e. The van der Waals surface area contributed by atoms with Gasteiger partial charge in [0.1, 0.15) is 6.61 Å². The molecule has 7 heteroatoms. The molecule has 1 aliphatic carbocycles. The van der Waals surface area contributed by atoms with Crippen LogP contribution in [-0.2, 0) is 23.7 Å². The van der Waals surface area contributed by atoms with Crippen LogP contribution in [0.25, 0.3) is 11.1 Å². The van der Waals surface area contributed by atoms with Crippen molar-refractivity contribution in [2.45, 2.75) is 19.3 Å². The molecule has 31 heavy (non-hydrogen) atoms. The van der Waals surface area contributed by atoms with Gasteiger partial charge in [0.05, 0.1) is 39.5 Å². The SMILES string of the molecule is CCOC(=O)CCOCCOCCNC(=O)OCC1c2ccccc2-c2ccccc21. The van der Waals surface area contributed by atoms with Crippen molar-refractivity contribution >= 4 is 12.1 Å². The summed E-state index contributed by atoms with van der Waals surface area (Å²) in [6.45, 7) is 4.20. The van der Waals surface area contributed by atoms with Crippen LogP contribution in [0.2, 0.25) is 0 Å². The molecule has 2 aromatic carbocycles. The summed E-state index contributed by atoms with van der Waals surface area (Å²) in [5.41, 5.74) is 4.76. The fourth-order valence-corrected chi connectivity index (χ4v) is 3.59. The highest BCUT2D eigenvalue weighted by Crippen LogP contribution is 2.44. The van der Waals surface area contributed by atoms with E-state index in [1.165, 1.54) is 22.3 Å². The molecule has 2 aromatic rings. The zero-order valence-corrected chi connectivity index (χ0v) is 17.8. The fourth-order valence-electron chi connectivity index (χ4n) is 3.59. The summed E-state index contributed by atoms with van der Waals surface area (Å²) in [5.74, 6) is -0.225. The summed E-state index contributed by atoms with van der Waals surface area (Å²) in [6, 6.07) is 16.4. The lowest BCUT2D eigenvalue weighted by molar-refractivity contribution is -0.144. The summed E-state index contributed by atoms with van der Waals surface area (Å²) >= 11 is 0. The number of esters is 1. The van der Waals surface area contributed by atoms with Crippen molar-refractivity contribution in [3.63, 3.8) is 0 Å². The fraction of sp³-hybridized carbons (Fsp3) is 0.417. The van der Waals surface area contributed by atoms with Crippen LogP contribution in [-0.4, -0.2) is 58.2 Å². The normalized spacial score (nSPS) is 12.2. The molecule has 0 aliphatic heterocycles. The minimum Gasteiger partial charge on any atom is -0.466 e. The minimum atomic E-state index is -0.462. The molecule has 0 saturated heterocycles. The van der Waals surface area contributed by atoms with Crippen LogP contribution in [0.4, 0.5) is 4.79 Å². The molecule has 7 nitrogen and oxygen atoms in total. The average Bonchev–Trinajstić information content (AvgIpc) is 3.10. The van der Waals surface area contributed by atoms with Crippen molar-refractivity contribution in [1.29, 1.82) is 0 Å². The first-order chi connectivity index (χ1) is 15.2. The number of amides is 1. The molecule has 0 aromatic heterocycles. The Bertz CT molecular complexity index is 823. The van der Waals surface area contributed by atoms with Crippen molar-refractivity contribution < 1.29 is 28.5 Å². The maximum absolute atomic E-state index is 12.1. The van der Waals surface area contributed by atoms with Gasteiger partial charge in [0, 0.05) is 12.5 Å². The second kappa shape index (κ2) is 12.1. The van der Waals surface area contributed by atoms with Gasteiger partial charge >= 0.3 is 12.1 Å². The van der Waals surface area contributed by atoms with Gasteiger partial charge in [-0.05, 0) is 29.2 Å². The van der Waals surface area contributed by atoms with Crippen LogP contribution in [0.3, 0.4) is 0 Å². The van der Waals surface area contributed by atoms with Gasteiger partial charge < -0.3 is 24.3 Å². The molecule has 1 amide bonds. The molecule has 1 aliphatic rings. The predicted octanol–water partition coefficient (Wildman–Crippen LogP) is 3.51. The number of nitrogens with one attached hydrogen (secondary N) is 1. The summed E-state index contributed by atoms with van der Waals surface area (Å²) in [7, 11) is 0. The van der Waals surface area contributed by atoms with Crippen molar-refractivity contribution in [2.24, 2.45) is 0 Å². The Hall–Kier alpha value is -2.90. The molecule has 0 heterocycles. The van der Waals surface area contributed by atoms with Crippen LogP contribution in [0.5, 0.6) is 0 Å². The van der Waals surface area contributed by atoms with E-state index in [1.54, 1.807) is 6.92 Å². The Morgan fingerprint density at radius 3 is 2.10 bits per heavy atom. The highest BCUT2D eigenvalue weighted by atomic mass is 16.6. The molecular weight excluding hydrogens is 398 g/mol. The first-order valence-corrected chi connectivity index (χ1v) is 10.6. The Labute approximate surface area is 182 Å². The third-order valence-electron chi connectivity index (χ3n) is 4.99. The van der Waals surface area contributed by atoms with E-state index in [-0.39, 0.29) is 24.9 Å². The van der Waals surface area contributed by atoms with Crippen LogP contribution in [0.1, 0.15) is 30.4 Å². The summed E-state index contributed by atoms with van der Waals surface area (Å²) < 4.78 is 21.0. The second-order valence-electron chi connectivity index (χ2n) is 7.03. The highest BCUT2D eigenvalue weighted by Gasteiger charge is 2.28. The van der Waals surface area contributed by atoms with E-state index in [2.05, 4.69) is 29.6 Å². The van der Waals surface area contributed by atoms with Crippen molar-refractivity contribution in [3.8, 4) is 11.1 Å². The average molecular weight is 427 g/mol. The number of hydrogen-bond donors (Lipinski definition) is 1. The maximum Gasteiger partial charge on any atom is 0.407 e. The van der Waals surface area contributed by atoms with Crippen molar-refractivity contribution in [3.05, 3.63) is 59.7 Å². The molecule has 0 radical (unpaired) electrons. The molecule has 0 bridgehead atoms. The first kappa shape index (κ1) is 22.8. The molecular formula is C24H29NO6. The van der Waals surface area contributed by atoms with Crippen molar-refractivity contribution in [1.82, 2.24) is 5.32 Å². The van der Waals surface area contributed by atoms with E-state index in [1.807, 2.05) is 24.3 Å². The zero-order chi connectivity index (χ0) is 21.9. The van der Waals surface area contributed by atoms with Crippen LogP contribution in [0, 0.1) is 0 Å². The van der Waals surface area contributed by atoms with E-state index in [0.29, 0.717) is 39.6 Å². The van der Waals surface area contributed by atoms with E-state index < -0.39 is 6.09 Å². The van der Waals surface area contributed by atoms with Gasteiger partial charge in [-0.25, -0.2) is 4.79 Å². The molecule has 0 unspecified atom stereocenters. The number of benzene rings is 2. The summed E-state index contributed by atoms with van der Waals surface area (Å²) in [6.07, 6.45) is -0.229. The van der Waals surface area contributed by atoms with Gasteiger partial charge in [-0.1, -0.05) is 48.5 Å². The Morgan fingerprint density at radius 1 is 0.839 bits per heavy atom. The Kier molecular flexibility index (Phi) is 8.87. The zero-order valence-electron chi connectivity index (χ0n) is 17.8. The number of alkyl carbamates (subject to hydrolysis) is 1. The first-order valence-electron chi connectivity index (χ1n) is 10.6. The van der Waals surface area contributed by atoms with Crippen molar-refractivity contribution in [2.75, 3.05) is 46.2 Å². The maximum atomic E-state index is 12.1. The lowest BCUT2D eigenvalue weighted by atomic mass is 9.98.